The van der Waals surface area contributed by atoms with E-state index in [9.17, 15) is 22.8 Å². The van der Waals surface area contributed by atoms with Crippen molar-refractivity contribution in [3.8, 4) is 11.3 Å². The van der Waals surface area contributed by atoms with Gasteiger partial charge in [0, 0.05) is 48.6 Å². The van der Waals surface area contributed by atoms with Crippen molar-refractivity contribution >= 4 is 29.9 Å². The van der Waals surface area contributed by atoms with Crippen LogP contribution < -0.4 is 5.32 Å². The zero-order valence-electron chi connectivity index (χ0n) is 25.2. The molecule has 0 unspecified atom stereocenters. The van der Waals surface area contributed by atoms with Gasteiger partial charge in [-0.25, -0.2) is 4.79 Å². The molecule has 2 saturated heterocycles. The van der Waals surface area contributed by atoms with Crippen molar-refractivity contribution < 1.29 is 32.7 Å². The monoisotopic (exact) mass is 636 g/mol. The SMILES string of the molecule is O=C(O)C(F)(F)F.O=C1NCCn2nc3c(c21)CCc1cnc(/C=C/c2ccc(C(=O)N4CCC[C@H]4CN4CCCC4)cc2)cc1-3. The van der Waals surface area contributed by atoms with E-state index >= 15 is 0 Å². The van der Waals surface area contributed by atoms with Crippen LogP contribution in [-0.4, -0.2) is 92.4 Å². The van der Waals surface area contributed by atoms with E-state index in [0.29, 0.717) is 24.8 Å². The number of aliphatic carboxylic acids is 1. The van der Waals surface area contributed by atoms with E-state index in [1.807, 2.05) is 47.3 Å². The molecule has 1 aromatic carbocycles. The van der Waals surface area contributed by atoms with E-state index in [-0.39, 0.29) is 11.8 Å². The summed E-state index contributed by atoms with van der Waals surface area (Å²) in [5.41, 5.74) is 7.53. The summed E-state index contributed by atoms with van der Waals surface area (Å²) in [4.78, 5) is 43.9. The molecule has 1 atom stereocenters. The van der Waals surface area contributed by atoms with Gasteiger partial charge < -0.3 is 20.2 Å². The van der Waals surface area contributed by atoms with E-state index in [1.165, 1.54) is 31.5 Å². The van der Waals surface area contributed by atoms with Crippen molar-refractivity contribution in [3.05, 3.63) is 70.2 Å². The van der Waals surface area contributed by atoms with Gasteiger partial charge in [-0.3, -0.25) is 19.3 Å². The van der Waals surface area contributed by atoms with Gasteiger partial charge in [-0.1, -0.05) is 18.2 Å². The number of amides is 2. The van der Waals surface area contributed by atoms with Crippen molar-refractivity contribution in [2.45, 2.75) is 57.3 Å². The molecule has 10 nitrogen and oxygen atoms in total. The molecule has 13 heteroatoms. The molecule has 0 bridgehead atoms. The Labute approximate surface area is 263 Å². The first kappa shape index (κ1) is 31.5. The molecule has 0 saturated carbocycles. The molecule has 1 aliphatic carbocycles. The normalized spacial score (nSPS) is 19.2. The number of nitrogens with one attached hydrogen (secondary N) is 1. The van der Waals surface area contributed by atoms with Crippen LogP contribution in [0.4, 0.5) is 13.2 Å². The van der Waals surface area contributed by atoms with E-state index in [4.69, 9.17) is 15.0 Å². The van der Waals surface area contributed by atoms with E-state index in [2.05, 4.69) is 26.2 Å². The number of halogens is 3. The van der Waals surface area contributed by atoms with Gasteiger partial charge >= 0.3 is 12.1 Å². The first-order valence-electron chi connectivity index (χ1n) is 15.6. The van der Waals surface area contributed by atoms with Crippen LogP contribution in [-0.2, 0) is 24.2 Å². The molecule has 2 fully saturated rings. The number of benzene rings is 1. The molecular weight excluding hydrogens is 601 g/mol. The highest BCUT2D eigenvalue weighted by Crippen LogP contribution is 2.35. The molecule has 2 amide bonds. The summed E-state index contributed by atoms with van der Waals surface area (Å²) < 4.78 is 33.6. The number of aromatic nitrogens is 3. The third-order valence-corrected chi connectivity index (χ3v) is 8.93. The number of nitrogens with zero attached hydrogens (tertiary/aromatic N) is 5. The number of carbonyl (C=O) groups excluding carboxylic acids is 2. The van der Waals surface area contributed by atoms with Crippen molar-refractivity contribution in [1.82, 2.24) is 29.9 Å². The summed E-state index contributed by atoms with van der Waals surface area (Å²) in [6.45, 7) is 5.52. The number of alkyl halides is 3. The lowest BCUT2D eigenvalue weighted by Gasteiger charge is -2.28. The minimum atomic E-state index is -5.08. The molecule has 2 aromatic heterocycles. The molecule has 3 aliphatic heterocycles. The lowest BCUT2D eigenvalue weighted by Crippen LogP contribution is -2.42. The largest absolute Gasteiger partial charge is 0.490 e. The predicted molar refractivity (Wildman–Crippen MR) is 164 cm³/mol. The lowest BCUT2D eigenvalue weighted by atomic mass is 9.89. The number of carboxylic acids is 1. The Kier molecular flexibility index (Phi) is 8.94. The molecule has 5 heterocycles. The molecule has 3 aromatic rings. The third-order valence-electron chi connectivity index (χ3n) is 8.93. The van der Waals surface area contributed by atoms with Crippen LogP contribution >= 0.6 is 0 Å². The Morgan fingerprint density at radius 2 is 1.76 bits per heavy atom. The Bertz CT molecular complexity index is 1660. The number of likely N-dealkylation sites (tertiary alicyclic amines) is 2. The molecule has 4 aliphatic rings. The summed E-state index contributed by atoms with van der Waals surface area (Å²) in [6.07, 6.45) is 7.31. The lowest BCUT2D eigenvalue weighted by molar-refractivity contribution is -0.192. The maximum absolute atomic E-state index is 13.3. The van der Waals surface area contributed by atoms with Gasteiger partial charge in [0.2, 0.25) is 0 Å². The molecule has 0 radical (unpaired) electrons. The number of pyridine rings is 1. The molecule has 242 valence electrons. The smallest absolute Gasteiger partial charge is 0.475 e. The summed E-state index contributed by atoms with van der Waals surface area (Å²) >= 11 is 0. The van der Waals surface area contributed by atoms with Crippen LogP contribution in [0.1, 0.15) is 68.9 Å². The van der Waals surface area contributed by atoms with Gasteiger partial charge in [0.1, 0.15) is 5.69 Å². The second-order valence-corrected chi connectivity index (χ2v) is 12.0. The van der Waals surface area contributed by atoms with Gasteiger partial charge in [-0.2, -0.15) is 18.3 Å². The highest BCUT2D eigenvalue weighted by atomic mass is 19.4. The number of hydrogen-bond acceptors (Lipinski definition) is 6. The minimum Gasteiger partial charge on any atom is -0.475 e. The second kappa shape index (κ2) is 13.1. The van der Waals surface area contributed by atoms with Crippen LogP contribution in [0.2, 0.25) is 0 Å². The Balaban J connectivity index is 0.000000480. The molecular formula is C33H35F3N6O4. The maximum Gasteiger partial charge on any atom is 0.490 e. The summed E-state index contributed by atoms with van der Waals surface area (Å²) in [5.74, 6) is -2.63. The Morgan fingerprint density at radius 1 is 1.02 bits per heavy atom. The number of fused-ring (bicyclic) bond motifs is 5. The van der Waals surface area contributed by atoms with Gasteiger partial charge in [-0.05, 0) is 87.0 Å². The fraction of sp³-hybridized carbons (Fsp3) is 0.424. The van der Waals surface area contributed by atoms with Crippen LogP contribution in [0.5, 0.6) is 0 Å². The molecule has 2 N–H and O–H groups in total. The van der Waals surface area contributed by atoms with Crippen molar-refractivity contribution in [2.24, 2.45) is 0 Å². The predicted octanol–water partition coefficient (Wildman–Crippen LogP) is 4.29. The van der Waals surface area contributed by atoms with Crippen molar-refractivity contribution in [3.63, 3.8) is 0 Å². The first-order chi connectivity index (χ1) is 22.1. The van der Waals surface area contributed by atoms with E-state index in [0.717, 1.165) is 72.4 Å². The zero-order chi connectivity index (χ0) is 32.4. The highest BCUT2D eigenvalue weighted by molar-refractivity contribution is 5.97. The van der Waals surface area contributed by atoms with E-state index < -0.39 is 12.1 Å². The number of hydrogen-bond donors (Lipinski definition) is 2. The fourth-order valence-corrected chi connectivity index (χ4v) is 6.64. The maximum atomic E-state index is 13.3. The molecule has 7 rings (SSSR count). The highest BCUT2D eigenvalue weighted by Gasteiger charge is 2.38. The third kappa shape index (κ3) is 6.69. The van der Waals surface area contributed by atoms with Gasteiger partial charge in [0.15, 0.2) is 0 Å². The van der Waals surface area contributed by atoms with Crippen LogP contribution in [0.25, 0.3) is 23.4 Å². The quantitative estimate of drug-likeness (QED) is 0.429. The molecule has 46 heavy (non-hydrogen) atoms. The summed E-state index contributed by atoms with van der Waals surface area (Å²) in [6, 6.07) is 10.3. The standard InChI is InChI=1S/C31H34N6O2.C2HF3O2/c38-30-29-26-12-10-23-19-33-24(18-27(23)28(26)34-37(29)17-13-32-30)11-7-21-5-8-22(9-6-21)31(39)36-16-3-4-25(36)20-35-14-1-2-15-35;3-2(4,5)1(6)7/h5-9,11,18-19,25H,1-4,10,12-17,20H2,(H,32,38);(H,6,7)/b11-7+;/t25-;/m0./s1. The average molecular weight is 637 g/mol. The topological polar surface area (TPSA) is 121 Å². The first-order valence-corrected chi connectivity index (χ1v) is 15.6. The zero-order valence-corrected chi connectivity index (χ0v) is 25.2. The van der Waals surface area contributed by atoms with Crippen LogP contribution in [0.3, 0.4) is 0 Å². The number of carboxylic acid groups (broad SMARTS) is 1. The van der Waals surface area contributed by atoms with E-state index in [1.54, 1.807) is 0 Å². The van der Waals surface area contributed by atoms with Crippen LogP contribution in [0, 0.1) is 0 Å². The Morgan fingerprint density at radius 3 is 2.48 bits per heavy atom. The van der Waals surface area contributed by atoms with Crippen LogP contribution in [0.15, 0.2) is 36.5 Å². The fourth-order valence-electron chi connectivity index (χ4n) is 6.64. The number of carbonyl (C=O) groups is 3. The van der Waals surface area contributed by atoms with Gasteiger partial charge in [0.25, 0.3) is 11.8 Å². The minimum absolute atomic E-state index is 0.0265. The summed E-state index contributed by atoms with van der Waals surface area (Å²) in [7, 11) is 0. The second-order valence-electron chi connectivity index (χ2n) is 12.0. The number of rotatable bonds is 5. The number of aryl methyl sites for hydroxylation is 1. The van der Waals surface area contributed by atoms with Crippen molar-refractivity contribution in [2.75, 3.05) is 32.7 Å². The molecule has 0 spiro atoms. The van der Waals surface area contributed by atoms with Gasteiger partial charge in [-0.15, -0.1) is 0 Å². The van der Waals surface area contributed by atoms with Gasteiger partial charge in [0.05, 0.1) is 17.9 Å². The van der Waals surface area contributed by atoms with Crippen molar-refractivity contribution in [1.29, 1.82) is 0 Å². The average Bonchev–Trinajstić information content (AvgIpc) is 3.81. The summed E-state index contributed by atoms with van der Waals surface area (Å²) in [5, 5.41) is 14.9. The Hall–Kier alpha value is -4.52.